The second-order valence-corrected chi connectivity index (χ2v) is 11.0. The summed E-state index contributed by atoms with van der Waals surface area (Å²) >= 11 is 0. The molecule has 8 heteroatoms. The van der Waals surface area contributed by atoms with E-state index in [9.17, 15) is 15.0 Å². The van der Waals surface area contributed by atoms with Crippen LogP contribution < -0.4 is 11.1 Å². The van der Waals surface area contributed by atoms with Gasteiger partial charge in [0, 0.05) is 23.9 Å². The number of allylic oxidation sites excluding steroid dienone is 2. The quantitative estimate of drug-likeness (QED) is 0.422. The zero-order valence-corrected chi connectivity index (χ0v) is 20.9. The molecule has 2 heterocycles. The number of ether oxygens (including phenoxy) is 1. The average Bonchev–Trinajstić information content (AvgIpc) is 3.25. The molecule has 1 aliphatic heterocycles. The molecular formula is C27H36N4O4. The minimum absolute atomic E-state index is 0.154. The highest BCUT2D eigenvalue weighted by molar-refractivity contribution is 6.03. The first-order chi connectivity index (χ1) is 16.4. The molecule has 0 saturated heterocycles. The van der Waals surface area contributed by atoms with E-state index in [4.69, 9.17) is 10.5 Å². The molecule has 6 N–H and O–H groups in total. The van der Waals surface area contributed by atoms with E-state index in [2.05, 4.69) is 41.3 Å². The molecule has 1 aliphatic carbocycles. The van der Waals surface area contributed by atoms with Crippen LogP contribution in [0, 0.1) is 5.41 Å². The standard InChI is InChI=1S/C27H36N4O4/c1-25(2)9-7-17(8-10-25)20-11-18(19-12-26(3,15-32)35-27(4,13-19)16-33)5-6-21(20)30-24(34)23-29-14-22(28)31-23/h5-7,11-12,14,32-33H,8-10,13,15-16,28H2,1-4H3,(H,29,31)(H,30,34)/t26-,27+/m1/s1. The number of aromatic nitrogens is 2. The van der Waals surface area contributed by atoms with E-state index in [-0.39, 0.29) is 36.2 Å². The average molecular weight is 481 g/mol. The lowest BCUT2D eigenvalue weighted by Gasteiger charge is -2.42. The highest BCUT2D eigenvalue weighted by Crippen LogP contribution is 2.43. The van der Waals surface area contributed by atoms with Gasteiger partial charge in [0.25, 0.3) is 5.91 Å². The Morgan fingerprint density at radius 2 is 1.97 bits per heavy atom. The second kappa shape index (κ2) is 9.26. The number of carbonyl (C=O) groups is 1. The van der Waals surface area contributed by atoms with Crippen molar-refractivity contribution in [1.82, 2.24) is 9.97 Å². The number of hydrogen-bond donors (Lipinski definition) is 5. The second-order valence-electron chi connectivity index (χ2n) is 11.0. The molecular weight excluding hydrogens is 444 g/mol. The Hall–Kier alpha value is -2.94. The predicted molar refractivity (Wildman–Crippen MR) is 138 cm³/mol. The van der Waals surface area contributed by atoms with E-state index < -0.39 is 11.2 Å². The van der Waals surface area contributed by atoms with Gasteiger partial charge in [-0.1, -0.05) is 26.0 Å². The summed E-state index contributed by atoms with van der Waals surface area (Å²) in [4.78, 5) is 19.7. The molecule has 2 aliphatic rings. The molecule has 1 aromatic carbocycles. The Bertz CT molecular complexity index is 1180. The number of amides is 1. The Balaban J connectivity index is 1.75. The van der Waals surface area contributed by atoms with E-state index in [1.807, 2.05) is 32.1 Å². The lowest BCUT2D eigenvalue weighted by atomic mass is 9.76. The number of nitrogens with two attached hydrogens (primary N) is 1. The van der Waals surface area contributed by atoms with Crippen molar-refractivity contribution >= 4 is 28.6 Å². The summed E-state index contributed by atoms with van der Waals surface area (Å²) in [5, 5.41) is 23.0. The van der Waals surface area contributed by atoms with Gasteiger partial charge in [0.15, 0.2) is 5.82 Å². The van der Waals surface area contributed by atoms with Gasteiger partial charge in [0.1, 0.15) is 11.4 Å². The fourth-order valence-electron chi connectivity index (χ4n) is 4.88. The number of hydrogen-bond acceptors (Lipinski definition) is 6. The van der Waals surface area contributed by atoms with Crippen LogP contribution in [0.5, 0.6) is 0 Å². The normalized spacial score (nSPS) is 26.1. The van der Waals surface area contributed by atoms with Crippen LogP contribution >= 0.6 is 0 Å². The highest BCUT2D eigenvalue weighted by Gasteiger charge is 2.40. The smallest absolute Gasteiger partial charge is 0.291 e. The zero-order valence-electron chi connectivity index (χ0n) is 20.9. The zero-order chi connectivity index (χ0) is 25.4. The number of H-pyrrole nitrogens is 1. The third-order valence-corrected chi connectivity index (χ3v) is 6.94. The first-order valence-corrected chi connectivity index (χ1v) is 12.0. The lowest BCUT2D eigenvalue weighted by Crippen LogP contribution is -2.47. The number of rotatable bonds is 6. The van der Waals surface area contributed by atoms with Gasteiger partial charge in [-0.25, -0.2) is 4.98 Å². The van der Waals surface area contributed by atoms with E-state index in [1.165, 1.54) is 11.8 Å². The number of aliphatic hydroxyl groups is 2. The topological polar surface area (TPSA) is 133 Å². The molecule has 2 atom stereocenters. The summed E-state index contributed by atoms with van der Waals surface area (Å²) in [6.45, 7) is 7.84. The monoisotopic (exact) mass is 480 g/mol. The van der Waals surface area contributed by atoms with Crippen LogP contribution in [0.4, 0.5) is 11.5 Å². The Kier molecular flexibility index (Phi) is 6.66. The Labute approximate surface area is 206 Å². The van der Waals surface area contributed by atoms with Crippen molar-refractivity contribution < 1.29 is 19.7 Å². The maximum absolute atomic E-state index is 12.8. The number of nitrogen functional groups attached to an aromatic ring is 1. The van der Waals surface area contributed by atoms with Gasteiger partial charge in [-0.3, -0.25) is 4.79 Å². The molecule has 2 aromatic rings. The summed E-state index contributed by atoms with van der Waals surface area (Å²) in [5.74, 6) is 0.0486. The van der Waals surface area contributed by atoms with Crippen molar-refractivity contribution in [1.29, 1.82) is 0 Å². The van der Waals surface area contributed by atoms with Crippen LogP contribution in [0.2, 0.25) is 0 Å². The summed E-state index contributed by atoms with van der Waals surface area (Å²) in [7, 11) is 0. The predicted octanol–water partition coefficient (Wildman–Crippen LogP) is 4.14. The van der Waals surface area contributed by atoms with E-state index in [0.29, 0.717) is 12.1 Å². The Morgan fingerprint density at radius 1 is 1.20 bits per heavy atom. The van der Waals surface area contributed by atoms with Gasteiger partial charge >= 0.3 is 0 Å². The fourth-order valence-corrected chi connectivity index (χ4v) is 4.88. The molecule has 4 rings (SSSR count). The maximum Gasteiger partial charge on any atom is 0.291 e. The summed E-state index contributed by atoms with van der Waals surface area (Å²) in [6.07, 6.45) is 9.09. The molecule has 1 aromatic heterocycles. The first-order valence-electron chi connectivity index (χ1n) is 12.0. The van der Waals surface area contributed by atoms with Crippen LogP contribution in [0.25, 0.3) is 11.1 Å². The van der Waals surface area contributed by atoms with Gasteiger partial charge in [-0.05, 0) is 73.4 Å². The van der Waals surface area contributed by atoms with Gasteiger partial charge < -0.3 is 31.0 Å². The molecule has 0 unspecified atom stereocenters. The number of aliphatic hydroxyl groups excluding tert-OH is 2. The number of benzene rings is 1. The van der Waals surface area contributed by atoms with Gasteiger partial charge in [-0.15, -0.1) is 0 Å². The summed E-state index contributed by atoms with van der Waals surface area (Å²) in [5.41, 5.74) is 8.99. The summed E-state index contributed by atoms with van der Waals surface area (Å²) < 4.78 is 6.04. The molecule has 0 fully saturated rings. The summed E-state index contributed by atoms with van der Waals surface area (Å²) in [6, 6.07) is 5.94. The Morgan fingerprint density at radius 3 is 2.57 bits per heavy atom. The maximum atomic E-state index is 12.8. The van der Waals surface area contributed by atoms with Crippen molar-refractivity contribution in [3.05, 3.63) is 53.5 Å². The van der Waals surface area contributed by atoms with E-state index in [0.717, 1.165) is 36.0 Å². The number of aromatic amines is 1. The van der Waals surface area contributed by atoms with Crippen molar-refractivity contribution in [2.45, 2.75) is 64.6 Å². The van der Waals surface area contributed by atoms with Crippen LogP contribution in [0.15, 0.2) is 36.5 Å². The molecule has 188 valence electrons. The number of imidazole rings is 1. The van der Waals surface area contributed by atoms with Gasteiger partial charge in [0.05, 0.1) is 18.8 Å². The highest BCUT2D eigenvalue weighted by atomic mass is 16.5. The van der Waals surface area contributed by atoms with Crippen LogP contribution in [-0.4, -0.2) is 50.5 Å². The molecule has 0 radical (unpaired) electrons. The molecule has 8 nitrogen and oxygen atoms in total. The number of nitrogens with zero attached hydrogens (tertiary/aromatic N) is 1. The lowest BCUT2D eigenvalue weighted by molar-refractivity contribution is -0.155. The third kappa shape index (κ3) is 5.50. The van der Waals surface area contributed by atoms with Crippen molar-refractivity contribution in [3.8, 4) is 0 Å². The number of nitrogens with one attached hydrogen (secondary N) is 2. The van der Waals surface area contributed by atoms with Crippen molar-refractivity contribution in [3.63, 3.8) is 0 Å². The minimum atomic E-state index is -0.897. The van der Waals surface area contributed by atoms with E-state index in [1.54, 1.807) is 0 Å². The fraction of sp³-hybridized carbons (Fsp3) is 0.481. The molecule has 35 heavy (non-hydrogen) atoms. The number of anilines is 2. The first kappa shape index (κ1) is 25.2. The van der Waals surface area contributed by atoms with Gasteiger partial charge in [-0.2, -0.15) is 0 Å². The largest absolute Gasteiger partial charge is 0.393 e. The van der Waals surface area contributed by atoms with Crippen LogP contribution in [-0.2, 0) is 4.74 Å². The minimum Gasteiger partial charge on any atom is -0.393 e. The van der Waals surface area contributed by atoms with Crippen molar-refractivity contribution in [2.24, 2.45) is 5.41 Å². The van der Waals surface area contributed by atoms with Crippen molar-refractivity contribution in [2.75, 3.05) is 24.3 Å². The molecule has 1 amide bonds. The SMILES string of the molecule is CC1(C)CC=C(c2cc(C3=C[C@](C)(CO)O[C@](C)(CO)C3)ccc2NC(=O)c2nc(N)c[nH]2)CC1. The molecule has 0 bridgehead atoms. The van der Waals surface area contributed by atoms with E-state index >= 15 is 0 Å². The van der Waals surface area contributed by atoms with Gasteiger partial charge in [0.2, 0.25) is 0 Å². The van der Waals surface area contributed by atoms with Crippen LogP contribution in [0.3, 0.4) is 0 Å². The number of carbonyl (C=O) groups excluding carboxylic acids is 1. The third-order valence-electron chi connectivity index (χ3n) is 6.94. The molecule has 0 spiro atoms. The molecule has 0 saturated carbocycles. The van der Waals surface area contributed by atoms with Crippen LogP contribution in [0.1, 0.15) is 75.1 Å².